The third kappa shape index (κ3) is 44.3. The van der Waals surface area contributed by atoms with Gasteiger partial charge in [0.2, 0.25) is 6.16 Å². The molecule has 0 fully saturated rings. The van der Waals surface area contributed by atoms with E-state index in [9.17, 15) is 0 Å². The Kier molecular flexibility index (Phi) is 25.6. The summed E-state index contributed by atoms with van der Waals surface area (Å²) in [6.07, 6.45) is -2.08. The van der Waals surface area contributed by atoms with Crippen LogP contribution in [0.25, 0.3) is 0 Å². The number of hydrogen-bond donors (Lipinski definition) is 1. The number of rotatable bonds is 0. The van der Waals surface area contributed by atoms with E-state index in [0.29, 0.717) is 0 Å². The molecule has 0 radical (unpaired) electrons. The van der Waals surface area contributed by atoms with Crippen LogP contribution >= 0.6 is 0 Å². The molecular formula is CH3KMgO3. The van der Waals surface area contributed by atoms with Gasteiger partial charge in [-0.25, -0.2) is 0 Å². The van der Waals surface area contributed by atoms with Crippen molar-refractivity contribution in [1.82, 2.24) is 0 Å². The molecule has 0 saturated carbocycles. The zero-order valence-electron chi connectivity index (χ0n) is 5.47. The second-order valence-electron chi connectivity index (χ2n) is 0.266. The molecule has 0 aromatic heterocycles. The summed E-state index contributed by atoms with van der Waals surface area (Å²) in [4.78, 5) is 8.44. The minimum atomic E-state index is -2.08. The van der Waals surface area contributed by atoms with Gasteiger partial charge in [-0.3, -0.25) is 0 Å². The topological polar surface area (TPSA) is 60.4 Å². The first-order chi connectivity index (χ1) is 1.73. The fourth-order valence-electron chi connectivity index (χ4n) is 0. The van der Waals surface area contributed by atoms with E-state index < -0.39 is 6.16 Å². The van der Waals surface area contributed by atoms with Gasteiger partial charge in [0, 0.05) is 0 Å². The van der Waals surface area contributed by atoms with E-state index in [-0.39, 0.29) is 77.3 Å². The van der Waals surface area contributed by atoms with Crippen LogP contribution < -0.4 is 56.5 Å². The molecule has 0 saturated heterocycles. The summed E-state index contributed by atoms with van der Waals surface area (Å²) in [7, 11) is 0. The summed E-state index contributed by atoms with van der Waals surface area (Å²) < 4.78 is 0. The molecule has 3 nitrogen and oxygen atoms in total. The first-order valence-electron chi connectivity index (χ1n) is 0.632. The molecule has 0 aliphatic carbocycles. The molecule has 0 unspecified atom stereocenters. The van der Waals surface area contributed by atoms with Gasteiger partial charge in [0.15, 0.2) is 0 Å². The van der Waals surface area contributed by atoms with Crippen LogP contribution in [0.4, 0.5) is 4.79 Å². The molecule has 0 atom stereocenters. The molecule has 0 aromatic carbocycles. The van der Waals surface area contributed by atoms with Gasteiger partial charge in [0.05, 0.1) is 0 Å². The van der Waals surface area contributed by atoms with Crippen molar-refractivity contribution in [1.29, 1.82) is 0 Å². The summed E-state index contributed by atoms with van der Waals surface area (Å²) in [6.45, 7) is 0. The molecule has 0 amide bonds. The predicted octanol–water partition coefficient (Wildman–Crippen LogP) is -4.26. The Morgan fingerprint density at radius 1 is 1.83 bits per heavy atom. The van der Waals surface area contributed by atoms with Gasteiger partial charge < -0.3 is 17.9 Å². The second kappa shape index (κ2) is 9.83. The van der Waals surface area contributed by atoms with E-state index in [1.807, 2.05) is 0 Å². The summed E-state index contributed by atoms with van der Waals surface area (Å²) in [5.41, 5.74) is 0. The number of carbonyl (C=O) groups is 1. The maximum absolute atomic E-state index is 8.44. The van der Waals surface area contributed by atoms with Gasteiger partial charge in [-0.1, -0.05) is 0 Å². The zero-order valence-corrected chi connectivity index (χ0v) is 8.01. The molecule has 0 aliphatic heterocycles. The molecule has 0 heterocycles. The number of carboxylic acid groups (broad SMARTS) is 2. The Hall–Kier alpha value is 1.67. The summed E-state index contributed by atoms with van der Waals surface area (Å²) >= 11 is 0. The molecule has 6 heavy (non-hydrogen) atoms. The van der Waals surface area contributed by atoms with Crippen molar-refractivity contribution < 1.29 is 69.2 Å². The van der Waals surface area contributed by atoms with Gasteiger partial charge in [0.25, 0.3) is 0 Å². The fraction of sp³-hybridized carbons (Fsp3) is 0. The van der Waals surface area contributed by atoms with Crippen LogP contribution in [0.2, 0.25) is 0 Å². The largest absolute Gasteiger partial charge is 2.00 e. The van der Waals surface area contributed by atoms with Crippen molar-refractivity contribution in [3.8, 4) is 0 Å². The maximum Gasteiger partial charge on any atom is 2.00 e. The van der Waals surface area contributed by atoms with Crippen molar-refractivity contribution in [2.24, 2.45) is 0 Å². The van der Waals surface area contributed by atoms with E-state index in [2.05, 4.69) is 0 Å². The standard InChI is InChI=1S/CH2O3.K.Mg.2H/c2-1(3)4;;;;/h(H2,2,3,4);;;;/q;+1;+2;2*-1/p-1. The summed E-state index contributed by atoms with van der Waals surface area (Å²) in [5.74, 6) is 0. The van der Waals surface area contributed by atoms with Gasteiger partial charge in [-0.2, -0.15) is 0 Å². The Morgan fingerprint density at radius 3 is 1.83 bits per heavy atom. The Bertz CT molecular complexity index is 40.3. The van der Waals surface area contributed by atoms with E-state index in [0.717, 1.165) is 0 Å². The average Bonchev–Trinajstić information content (AvgIpc) is 0.811. The maximum atomic E-state index is 8.44. The molecule has 0 aliphatic rings. The van der Waals surface area contributed by atoms with Crippen LogP contribution in [-0.4, -0.2) is 34.3 Å². The van der Waals surface area contributed by atoms with E-state index in [1.54, 1.807) is 0 Å². The summed E-state index contributed by atoms with van der Waals surface area (Å²) in [6, 6.07) is 0. The van der Waals surface area contributed by atoms with Gasteiger partial charge >= 0.3 is 74.4 Å². The normalized spacial score (nSPS) is 4.00. The molecule has 28 valence electrons. The zero-order chi connectivity index (χ0) is 3.58. The van der Waals surface area contributed by atoms with Crippen LogP contribution in [-0.2, 0) is 0 Å². The van der Waals surface area contributed by atoms with Gasteiger partial charge in [-0.05, 0) is 0 Å². The number of hydrogen-bond acceptors (Lipinski definition) is 2. The van der Waals surface area contributed by atoms with E-state index in [4.69, 9.17) is 15.0 Å². The quantitative estimate of drug-likeness (QED) is 0.334. The second-order valence-corrected chi connectivity index (χ2v) is 0.266. The fourth-order valence-corrected chi connectivity index (χ4v) is 0. The average molecular weight is 126 g/mol. The molecule has 0 aromatic rings. The van der Waals surface area contributed by atoms with E-state index >= 15 is 0 Å². The summed E-state index contributed by atoms with van der Waals surface area (Å²) in [5, 5.41) is 15.3. The van der Waals surface area contributed by atoms with Gasteiger partial charge in [-0.15, -0.1) is 0 Å². The first kappa shape index (κ1) is 15.6. The monoisotopic (exact) mass is 126 g/mol. The molecule has 0 spiro atoms. The van der Waals surface area contributed by atoms with Crippen molar-refractivity contribution >= 4 is 29.2 Å². The molecule has 0 rings (SSSR count). The van der Waals surface area contributed by atoms with Crippen molar-refractivity contribution in [3.63, 3.8) is 0 Å². The van der Waals surface area contributed by atoms with E-state index in [1.165, 1.54) is 0 Å². The minimum Gasteiger partial charge on any atom is -1.00 e. The molecule has 1 N–H and O–H groups in total. The predicted molar refractivity (Wildman–Crippen MR) is 16.0 cm³/mol. The SMILES string of the molecule is O=C([O-])O.[H-].[H-].[K+].[Mg+2]. The van der Waals surface area contributed by atoms with Crippen LogP contribution in [0.1, 0.15) is 2.85 Å². The first-order valence-corrected chi connectivity index (χ1v) is 0.632. The van der Waals surface area contributed by atoms with Crippen molar-refractivity contribution in [2.45, 2.75) is 0 Å². The Labute approximate surface area is 96.7 Å². The minimum absolute atomic E-state index is 0. The van der Waals surface area contributed by atoms with Crippen LogP contribution in [0.5, 0.6) is 0 Å². The third-order valence-corrected chi connectivity index (χ3v) is 0. The molecule has 5 heteroatoms. The Morgan fingerprint density at radius 2 is 1.83 bits per heavy atom. The molecule has 0 bridgehead atoms. The van der Waals surface area contributed by atoms with Gasteiger partial charge in [0.1, 0.15) is 0 Å². The Balaban J connectivity index is -0.00000000750. The molecular weight excluding hydrogens is 123 g/mol. The van der Waals surface area contributed by atoms with Crippen molar-refractivity contribution in [3.05, 3.63) is 0 Å². The van der Waals surface area contributed by atoms with Crippen LogP contribution in [0.3, 0.4) is 0 Å². The van der Waals surface area contributed by atoms with Crippen LogP contribution in [0, 0.1) is 0 Å². The smallest absolute Gasteiger partial charge is 1.00 e. The third-order valence-electron chi connectivity index (χ3n) is 0. The van der Waals surface area contributed by atoms with Crippen molar-refractivity contribution in [2.75, 3.05) is 0 Å². The van der Waals surface area contributed by atoms with Crippen LogP contribution in [0.15, 0.2) is 0 Å².